The third kappa shape index (κ3) is 2.24. The van der Waals surface area contributed by atoms with Crippen LogP contribution in [-0.2, 0) is 9.53 Å². The zero-order valence-electron chi connectivity index (χ0n) is 8.89. The lowest BCUT2D eigenvalue weighted by Gasteiger charge is -2.16. The number of carbonyl (C=O) groups is 1. The standard InChI is InChI=1S/C10H12ClN3O2/c1-16-9(15)7-3-5-14(6-7)8-2-4-12-10(11)13-8/h2,4,7H,3,5-6H2,1H3. The molecule has 1 atom stereocenters. The lowest BCUT2D eigenvalue weighted by molar-refractivity contribution is -0.144. The van der Waals surface area contributed by atoms with Gasteiger partial charge in [0.05, 0.1) is 13.0 Å². The molecule has 0 bridgehead atoms. The van der Waals surface area contributed by atoms with Gasteiger partial charge in [0, 0.05) is 19.3 Å². The molecule has 16 heavy (non-hydrogen) atoms. The molecule has 0 aromatic carbocycles. The minimum absolute atomic E-state index is 0.0706. The van der Waals surface area contributed by atoms with Gasteiger partial charge in [0.25, 0.3) is 0 Å². The lowest BCUT2D eigenvalue weighted by atomic mass is 10.1. The second-order valence-electron chi connectivity index (χ2n) is 3.64. The van der Waals surface area contributed by atoms with Gasteiger partial charge in [-0.1, -0.05) is 0 Å². The second-order valence-corrected chi connectivity index (χ2v) is 3.98. The summed E-state index contributed by atoms with van der Waals surface area (Å²) in [5, 5.41) is 0.221. The number of anilines is 1. The van der Waals surface area contributed by atoms with Crippen LogP contribution in [0.15, 0.2) is 12.3 Å². The van der Waals surface area contributed by atoms with Gasteiger partial charge in [-0.25, -0.2) is 9.97 Å². The summed E-state index contributed by atoms with van der Waals surface area (Å²) in [6.45, 7) is 1.41. The first-order valence-electron chi connectivity index (χ1n) is 5.02. The molecule has 6 heteroatoms. The Kier molecular flexibility index (Phi) is 3.24. The third-order valence-corrected chi connectivity index (χ3v) is 2.84. The minimum Gasteiger partial charge on any atom is -0.469 e. The Morgan fingerprint density at radius 3 is 3.19 bits per heavy atom. The van der Waals surface area contributed by atoms with E-state index in [2.05, 4.69) is 9.97 Å². The first-order chi connectivity index (χ1) is 7.70. The van der Waals surface area contributed by atoms with Gasteiger partial charge in [-0.05, 0) is 24.1 Å². The molecule has 2 rings (SSSR count). The molecule has 1 saturated heterocycles. The fraction of sp³-hybridized carbons (Fsp3) is 0.500. The Morgan fingerprint density at radius 1 is 1.69 bits per heavy atom. The molecular formula is C10H12ClN3O2. The summed E-state index contributed by atoms with van der Waals surface area (Å²) in [5.41, 5.74) is 0. The highest BCUT2D eigenvalue weighted by molar-refractivity contribution is 6.28. The normalized spacial score (nSPS) is 19.9. The minimum atomic E-state index is -0.164. The topological polar surface area (TPSA) is 55.3 Å². The van der Waals surface area contributed by atoms with E-state index in [4.69, 9.17) is 16.3 Å². The van der Waals surface area contributed by atoms with Crippen LogP contribution in [0.1, 0.15) is 6.42 Å². The van der Waals surface area contributed by atoms with E-state index >= 15 is 0 Å². The molecule has 5 nitrogen and oxygen atoms in total. The Labute approximate surface area is 98.4 Å². The van der Waals surface area contributed by atoms with Gasteiger partial charge in [-0.15, -0.1) is 0 Å². The molecule has 0 spiro atoms. The molecule has 0 saturated carbocycles. The first-order valence-corrected chi connectivity index (χ1v) is 5.40. The van der Waals surface area contributed by atoms with Crippen LogP contribution in [0.4, 0.5) is 5.82 Å². The Hall–Kier alpha value is -1.36. The van der Waals surface area contributed by atoms with Crippen molar-refractivity contribution in [1.82, 2.24) is 9.97 Å². The van der Waals surface area contributed by atoms with Crippen molar-refractivity contribution in [3.05, 3.63) is 17.5 Å². The fourth-order valence-electron chi connectivity index (χ4n) is 1.83. The van der Waals surface area contributed by atoms with Crippen LogP contribution in [0.25, 0.3) is 0 Å². The molecular weight excluding hydrogens is 230 g/mol. The van der Waals surface area contributed by atoms with E-state index in [-0.39, 0.29) is 17.2 Å². The van der Waals surface area contributed by atoms with Gasteiger partial charge in [-0.3, -0.25) is 4.79 Å². The zero-order chi connectivity index (χ0) is 11.5. The Bertz CT molecular complexity index is 399. The number of esters is 1. The van der Waals surface area contributed by atoms with Gasteiger partial charge in [0.1, 0.15) is 5.82 Å². The average molecular weight is 242 g/mol. The van der Waals surface area contributed by atoms with Crippen molar-refractivity contribution in [2.75, 3.05) is 25.1 Å². The highest BCUT2D eigenvalue weighted by atomic mass is 35.5. The number of aromatic nitrogens is 2. The number of nitrogens with zero attached hydrogens (tertiary/aromatic N) is 3. The van der Waals surface area contributed by atoms with Gasteiger partial charge in [-0.2, -0.15) is 0 Å². The number of halogens is 1. The summed E-state index contributed by atoms with van der Waals surface area (Å²) in [7, 11) is 1.41. The summed E-state index contributed by atoms with van der Waals surface area (Å²) < 4.78 is 4.72. The van der Waals surface area contributed by atoms with Crippen LogP contribution >= 0.6 is 11.6 Å². The molecule has 1 aliphatic heterocycles. The van der Waals surface area contributed by atoms with Crippen molar-refractivity contribution < 1.29 is 9.53 Å². The molecule has 1 aliphatic rings. The van der Waals surface area contributed by atoms with E-state index in [1.165, 1.54) is 7.11 Å². The summed E-state index contributed by atoms with van der Waals surface area (Å²) in [4.78, 5) is 21.3. The maximum atomic E-state index is 11.4. The van der Waals surface area contributed by atoms with Crippen LogP contribution in [0.3, 0.4) is 0 Å². The molecule has 0 aliphatic carbocycles. The van der Waals surface area contributed by atoms with E-state index in [1.54, 1.807) is 12.3 Å². The molecule has 1 aromatic rings. The monoisotopic (exact) mass is 241 g/mol. The number of methoxy groups -OCH3 is 1. The van der Waals surface area contributed by atoms with Crippen LogP contribution in [0.5, 0.6) is 0 Å². The molecule has 86 valence electrons. The van der Waals surface area contributed by atoms with E-state index < -0.39 is 0 Å². The van der Waals surface area contributed by atoms with Gasteiger partial charge < -0.3 is 9.64 Å². The van der Waals surface area contributed by atoms with Crippen molar-refractivity contribution >= 4 is 23.4 Å². The Balaban J connectivity index is 2.06. The Morgan fingerprint density at radius 2 is 2.50 bits per heavy atom. The summed E-state index contributed by atoms with van der Waals surface area (Å²) >= 11 is 5.71. The van der Waals surface area contributed by atoms with E-state index in [0.29, 0.717) is 6.54 Å². The number of ether oxygens (including phenoxy) is 1. The van der Waals surface area contributed by atoms with E-state index in [1.807, 2.05) is 4.90 Å². The maximum Gasteiger partial charge on any atom is 0.310 e. The summed E-state index contributed by atoms with van der Waals surface area (Å²) in [6.07, 6.45) is 2.39. The van der Waals surface area contributed by atoms with Crippen molar-refractivity contribution in [3.8, 4) is 0 Å². The van der Waals surface area contributed by atoms with Crippen molar-refractivity contribution in [1.29, 1.82) is 0 Å². The highest BCUT2D eigenvalue weighted by Crippen LogP contribution is 2.23. The van der Waals surface area contributed by atoms with E-state index in [9.17, 15) is 4.79 Å². The molecule has 1 fully saturated rings. The average Bonchev–Trinajstić information content (AvgIpc) is 2.77. The highest BCUT2D eigenvalue weighted by Gasteiger charge is 2.29. The van der Waals surface area contributed by atoms with Gasteiger partial charge in [0.15, 0.2) is 0 Å². The van der Waals surface area contributed by atoms with Crippen LogP contribution < -0.4 is 4.90 Å². The lowest BCUT2D eigenvalue weighted by Crippen LogP contribution is -2.24. The molecule has 1 aromatic heterocycles. The first kappa shape index (κ1) is 11.1. The van der Waals surface area contributed by atoms with Crippen LogP contribution in [0, 0.1) is 5.92 Å². The number of hydrogen-bond acceptors (Lipinski definition) is 5. The number of carbonyl (C=O) groups excluding carboxylic acids is 1. The zero-order valence-corrected chi connectivity index (χ0v) is 9.65. The summed E-state index contributed by atoms with van der Waals surface area (Å²) in [6, 6.07) is 1.78. The fourth-order valence-corrected chi connectivity index (χ4v) is 1.97. The maximum absolute atomic E-state index is 11.4. The summed E-state index contributed by atoms with van der Waals surface area (Å²) in [5.74, 6) is 0.521. The van der Waals surface area contributed by atoms with Crippen molar-refractivity contribution in [2.45, 2.75) is 6.42 Å². The van der Waals surface area contributed by atoms with Crippen molar-refractivity contribution in [2.24, 2.45) is 5.92 Å². The molecule has 0 amide bonds. The van der Waals surface area contributed by atoms with Gasteiger partial charge >= 0.3 is 5.97 Å². The molecule has 0 radical (unpaired) electrons. The molecule has 2 heterocycles. The van der Waals surface area contributed by atoms with E-state index in [0.717, 1.165) is 18.8 Å². The number of hydrogen-bond donors (Lipinski definition) is 0. The van der Waals surface area contributed by atoms with Gasteiger partial charge in [0.2, 0.25) is 5.28 Å². The second kappa shape index (κ2) is 4.65. The molecule has 1 unspecified atom stereocenters. The van der Waals surface area contributed by atoms with Crippen LogP contribution in [0.2, 0.25) is 5.28 Å². The smallest absolute Gasteiger partial charge is 0.310 e. The SMILES string of the molecule is COC(=O)C1CCN(c2ccnc(Cl)n2)C1. The van der Waals surface area contributed by atoms with Crippen LogP contribution in [-0.4, -0.2) is 36.1 Å². The van der Waals surface area contributed by atoms with Crippen molar-refractivity contribution in [3.63, 3.8) is 0 Å². The molecule has 0 N–H and O–H groups in total. The predicted molar refractivity (Wildman–Crippen MR) is 59.4 cm³/mol. The third-order valence-electron chi connectivity index (χ3n) is 2.66. The largest absolute Gasteiger partial charge is 0.469 e. The quantitative estimate of drug-likeness (QED) is 0.574. The number of rotatable bonds is 2. The predicted octanol–water partition coefficient (Wildman–Crippen LogP) is 1.13.